The topological polar surface area (TPSA) is 72.8 Å². The van der Waals surface area contributed by atoms with Gasteiger partial charge in [-0.25, -0.2) is 0 Å². The second-order valence-electron chi connectivity index (χ2n) is 1.94. The van der Waals surface area contributed by atoms with Gasteiger partial charge in [0.05, 0.1) is 12.4 Å². The van der Waals surface area contributed by atoms with E-state index in [9.17, 15) is 0 Å². The molecule has 0 aromatic carbocycles. The first-order chi connectivity index (χ1) is 6.70. The third kappa shape index (κ3) is 11.2. The van der Waals surface area contributed by atoms with Crippen molar-refractivity contribution in [1.82, 2.24) is 21.5 Å². The maximum Gasteiger partial charge on any atom is 0.186 e. The van der Waals surface area contributed by atoms with Crippen molar-refractivity contribution in [2.24, 2.45) is 10.2 Å². The molecule has 0 aliphatic carbocycles. The van der Waals surface area contributed by atoms with Crippen LogP contribution >= 0.6 is 24.4 Å². The summed E-state index contributed by atoms with van der Waals surface area (Å²) in [6.45, 7) is 0. The Kier molecular flexibility index (Phi) is 12.6. The molecule has 0 spiro atoms. The molecule has 0 aliphatic rings. The molecule has 4 N–H and O–H groups in total. The Morgan fingerprint density at radius 2 is 1.27 bits per heavy atom. The molecule has 0 amide bonds. The minimum atomic E-state index is 0. The fourth-order valence-corrected chi connectivity index (χ4v) is 0.476. The van der Waals surface area contributed by atoms with E-state index in [4.69, 9.17) is 24.4 Å². The van der Waals surface area contributed by atoms with E-state index in [0.717, 1.165) is 0 Å². The zero-order chi connectivity index (χ0) is 10.8. The molecular formula is C6H12CuN6S2. The Morgan fingerprint density at radius 1 is 0.933 bits per heavy atom. The summed E-state index contributed by atoms with van der Waals surface area (Å²) < 4.78 is 0. The smallest absolute Gasteiger partial charge is 0.186 e. The van der Waals surface area contributed by atoms with Crippen molar-refractivity contribution in [3.63, 3.8) is 0 Å². The van der Waals surface area contributed by atoms with E-state index < -0.39 is 0 Å². The fourth-order valence-electron chi connectivity index (χ4n) is 0.370. The summed E-state index contributed by atoms with van der Waals surface area (Å²) in [5.74, 6) is 0. The third-order valence-electron chi connectivity index (χ3n) is 1.00. The number of hydrogen-bond donors (Lipinski definition) is 4. The van der Waals surface area contributed by atoms with Crippen molar-refractivity contribution in [2.75, 3.05) is 14.1 Å². The van der Waals surface area contributed by atoms with Crippen LogP contribution in [0.15, 0.2) is 10.2 Å². The van der Waals surface area contributed by atoms with E-state index in [1.807, 2.05) is 0 Å². The van der Waals surface area contributed by atoms with Gasteiger partial charge < -0.3 is 10.6 Å². The van der Waals surface area contributed by atoms with Crippen molar-refractivity contribution in [3.8, 4) is 0 Å². The van der Waals surface area contributed by atoms with Crippen LogP contribution in [0.3, 0.4) is 0 Å². The van der Waals surface area contributed by atoms with Crippen LogP contribution in [0.2, 0.25) is 0 Å². The molecule has 0 saturated carbocycles. The summed E-state index contributed by atoms with van der Waals surface area (Å²) in [4.78, 5) is 0. The van der Waals surface area contributed by atoms with Gasteiger partial charge >= 0.3 is 0 Å². The molecule has 0 bridgehead atoms. The first-order valence-corrected chi connectivity index (χ1v) is 4.52. The molecule has 9 heteroatoms. The van der Waals surface area contributed by atoms with Crippen molar-refractivity contribution in [1.29, 1.82) is 0 Å². The van der Waals surface area contributed by atoms with Gasteiger partial charge in [0.25, 0.3) is 0 Å². The van der Waals surface area contributed by atoms with Crippen LogP contribution in [0.25, 0.3) is 0 Å². The van der Waals surface area contributed by atoms with Gasteiger partial charge in [0, 0.05) is 31.2 Å². The summed E-state index contributed by atoms with van der Waals surface area (Å²) in [5.41, 5.74) is 5.11. The van der Waals surface area contributed by atoms with Crippen LogP contribution in [-0.4, -0.2) is 36.7 Å². The zero-order valence-corrected chi connectivity index (χ0v) is 10.7. The van der Waals surface area contributed by atoms with Gasteiger partial charge in [-0.15, -0.1) is 0 Å². The summed E-state index contributed by atoms with van der Waals surface area (Å²) in [5, 5.41) is 13.7. The van der Waals surface area contributed by atoms with Crippen LogP contribution < -0.4 is 21.5 Å². The van der Waals surface area contributed by atoms with Gasteiger partial charge in [-0.2, -0.15) is 10.2 Å². The molecule has 0 heterocycles. The van der Waals surface area contributed by atoms with E-state index in [0.29, 0.717) is 10.2 Å². The Labute approximate surface area is 110 Å². The van der Waals surface area contributed by atoms with Crippen molar-refractivity contribution >= 4 is 47.1 Å². The predicted octanol–water partition coefficient (Wildman–Crippen LogP) is -0.857. The summed E-state index contributed by atoms with van der Waals surface area (Å²) in [7, 11) is 3.40. The molecule has 89 valence electrons. The van der Waals surface area contributed by atoms with Gasteiger partial charge in [-0.3, -0.25) is 10.9 Å². The monoisotopic (exact) mass is 295 g/mol. The van der Waals surface area contributed by atoms with Gasteiger partial charge in [-0.05, 0) is 24.4 Å². The second kappa shape index (κ2) is 11.3. The number of hydrazone groups is 2. The molecule has 0 aliphatic heterocycles. The summed E-state index contributed by atoms with van der Waals surface area (Å²) >= 11 is 9.53. The van der Waals surface area contributed by atoms with Gasteiger partial charge in [0.15, 0.2) is 10.2 Å². The van der Waals surface area contributed by atoms with E-state index in [1.54, 1.807) is 14.1 Å². The first kappa shape index (κ1) is 16.7. The maximum absolute atomic E-state index is 4.77. The third-order valence-corrected chi connectivity index (χ3v) is 1.59. The predicted molar refractivity (Wildman–Crippen MR) is 66.6 cm³/mol. The molecular weight excluding hydrogens is 284 g/mol. The van der Waals surface area contributed by atoms with Crippen molar-refractivity contribution in [2.45, 2.75) is 0 Å². The van der Waals surface area contributed by atoms with Crippen LogP contribution in [0.5, 0.6) is 0 Å². The Bertz CT molecular complexity index is 228. The normalized spacial score (nSPS) is 9.47. The minimum absolute atomic E-state index is 0. The number of nitrogens with one attached hydrogen (secondary N) is 4. The molecule has 0 saturated heterocycles. The molecule has 0 unspecified atom stereocenters. The minimum Gasteiger partial charge on any atom is -0.364 e. The van der Waals surface area contributed by atoms with E-state index >= 15 is 0 Å². The molecule has 0 aromatic heterocycles. The SMILES string of the molecule is CNC(=S)N/N=C/C=N/NC(=S)NC.[Cu]. The van der Waals surface area contributed by atoms with Crippen LogP contribution in [0.1, 0.15) is 0 Å². The maximum atomic E-state index is 4.77. The first-order valence-electron chi connectivity index (χ1n) is 3.71. The molecule has 0 atom stereocenters. The Hall–Kier alpha value is -0.761. The number of rotatable bonds is 3. The molecule has 1 radical (unpaired) electrons. The average molecular weight is 296 g/mol. The van der Waals surface area contributed by atoms with Gasteiger partial charge in [0.2, 0.25) is 0 Å². The fraction of sp³-hybridized carbons (Fsp3) is 0.333. The van der Waals surface area contributed by atoms with Crippen molar-refractivity contribution < 1.29 is 17.1 Å². The molecule has 0 aromatic rings. The molecule has 6 nitrogen and oxygen atoms in total. The number of nitrogens with zero attached hydrogens (tertiary/aromatic N) is 2. The second-order valence-corrected chi connectivity index (χ2v) is 2.75. The van der Waals surface area contributed by atoms with Crippen molar-refractivity contribution in [3.05, 3.63) is 0 Å². The largest absolute Gasteiger partial charge is 0.364 e. The quantitative estimate of drug-likeness (QED) is 0.235. The van der Waals surface area contributed by atoms with Gasteiger partial charge in [0.1, 0.15) is 0 Å². The van der Waals surface area contributed by atoms with E-state index in [2.05, 4.69) is 31.7 Å². The molecule has 0 fully saturated rings. The van der Waals surface area contributed by atoms with Crippen LogP contribution in [0, 0.1) is 0 Å². The summed E-state index contributed by atoms with van der Waals surface area (Å²) in [6.07, 6.45) is 2.88. The van der Waals surface area contributed by atoms with E-state index in [1.165, 1.54) is 12.4 Å². The Morgan fingerprint density at radius 3 is 1.53 bits per heavy atom. The molecule has 0 rings (SSSR count). The van der Waals surface area contributed by atoms with Gasteiger partial charge in [-0.1, -0.05) is 0 Å². The molecule has 15 heavy (non-hydrogen) atoms. The number of hydrogen-bond acceptors (Lipinski definition) is 4. The van der Waals surface area contributed by atoms with E-state index in [-0.39, 0.29) is 17.1 Å². The Balaban J connectivity index is 0. The zero-order valence-electron chi connectivity index (χ0n) is 8.17. The van der Waals surface area contributed by atoms with Crippen LogP contribution in [-0.2, 0) is 17.1 Å². The summed E-state index contributed by atoms with van der Waals surface area (Å²) in [6, 6.07) is 0. The average Bonchev–Trinajstić information content (AvgIpc) is 2.22. The van der Waals surface area contributed by atoms with Crippen LogP contribution in [0.4, 0.5) is 0 Å². The standard InChI is InChI=1S/C6H12N6S2.Cu/c1-7-5(13)11-9-3-4-10-12-6(14)8-2;/h3-4H,1-2H3,(H2,7,11,13)(H2,8,12,14);/b9-3+,10-4+;. The number of thiocarbonyl (C=S) groups is 2.